The van der Waals surface area contributed by atoms with Crippen molar-refractivity contribution in [1.82, 2.24) is 14.9 Å². The molecule has 8 heteroatoms. The van der Waals surface area contributed by atoms with Crippen molar-refractivity contribution in [3.63, 3.8) is 0 Å². The smallest absolute Gasteiger partial charge is 0.262 e. The number of ether oxygens (including phenoxy) is 2. The minimum Gasteiger partial charge on any atom is -0.486 e. The molecular formula is C24H27N3O4S. The van der Waals surface area contributed by atoms with Crippen LogP contribution in [0.3, 0.4) is 0 Å². The van der Waals surface area contributed by atoms with Crippen molar-refractivity contribution in [2.24, 2.45) is 0 Å². The quantitative estimate of drug-likeness (QED) is 0.395. The van der Waals surface area contributed by atoms with Crippen molar-refractivity contribution in [2.75, 3.05) is 25.5 Å². The van der Waals surface area contributed by atoms with Crippen LogP contribution in [0.15, 0.2) is 52.4 Å². The summed E-state index contributed by atoms with van der Waals surface area (Å²) < 4.78 is 12.8. The molecule has 1 aliphatic rings. The van der Waals surface area contributed by atoms with E-state index in [9.17, 15) is 9.59 Å². The fraction of sp³-hybridized carbons (Fsp3) is 0.375. The molecule has 3 aromatic rings. The van der Waals surface area contributed by atoms with Crippen LogP contribution < -0.4 is 20.3 Å². The molecule has 32 heavy (non-hydrogen) atoms. The normalized spacial score (nSPS) is 12.7. The van der Waals surface area contributed by atoms with Gasteiger partial charge in [-0.2, -0.15) is 0 Å². The Morgan fingerprint density at radius 1 is 1.16 bits per heavy atom. The predicted molar refractivity (Wildman–Crippen MR) is 126 cm³/mol. The average Bonchev–Trinajstić information content (AvgIpc) is 2.82. The van der Waals surface area contributed by atoms with E-state index in [-0.39, 0.29) is 17.2 Å². The minimum absolute atomic E-state index is 0.0504. The number of hydrogen-bond donors (Lipinski definition) is 1. The third-order valence-electron chi connectivity index (χ3n) is 5.24. The molecule has 0 saturated heterocycles. The molecule has 0 spiro atoms. The predicted octanol–water partition coefficient (Wildman–Crippen LogP) is 3.42. The number of amides is 1. The summed E-state index contributed by atoms with van der Waals surface area (Å²) in [4.78, 5) is 30.0. The second-order valence-electron chi connectivity index (χ2n) is 7.59. The number of fused-ring (bicyclic) bond motifs is 2. The van der Waals surface area contributed by atoms with Gasteiger partial charge in [-0.25, -0.2) is 4.98 Å². The maximum absolute atomic E-state index is 12.9. The van der Waals surface area contributed by atoms with E-state index in [1.54, 1.807) is 10.6 Å². The third kappa shape index (κ3) is 5.24. The number of benzene rings is 2. The number of thioether (sulfide) groups is 1. The lowest BCUT2D eigenvalue weighted by Crippen LogP contribution is -2.28. The van der Waals surface area contributed by atoms with Crippen molar-refractivity contribution >= 4 is 28.6 Å². The van der Waals surface area contributed by atoms with Crippen LogP contribution in [0.4, 0.5) is 0 Å². The van der Waals surface area contributed by atoms with E-state index < -0.39 is 0 Å². The highest BCUT2D eigenvalue weighted by Crippen LogP contribution is 2.30. The molecule has 0 bridgehead atoms. The van der Waals surface area contributed by atoms with Crippen LogP contribution in [0.25, 0.3) is 10.9 Å². The Labute approximate surface area is 191 Å². The summed E-state index contributed by atoms with van der Waals surface area (Å²) in [7, 11) is 0. The van der Waals surface area contributed by atoms with Crippen molar-refractivity contribution < 1.29 is 14.3 Å². The van der Waals surface area contributed by atoms with E-state index in [0.717, 1.165) is 29.9 Å². The van der Waals surface area contributed by atoms with E-state index in [4.69, 9.17) is 9.47 Å². The fourth-order valence-corrected chi connectivity index (χ4v) is 4.40. The highest BCUT2D eigenvalue weighted by atomic mass is 32.2. The lowest BCUT2D eigenvalue weighted by molar-refractivity contribution is -0.118. The van der Waals surface area contributed by atoms with E-state index in [2.05, 4.69) is 17.2 Å². The van der Waals surface area contributed by atoms with Gasteiger partial charge in [-0.3, -0.25) is 14.2 Å². The summed E-state index contributed by atoms with van der Waals surface area (Å²) in [5, 5.41) is 4.14. The minimum atomic E-state index is -0.0861. The number of rotatable bonds is 9. The van der Waals surface area contributed by atoms with Crippen LogP contribution >= 0.6 is 11.8 Å². The van der Waals surface area contributed by atoms with E-state index in [1.165, 1.54) is 11.8 Å². The maximum Gasteiger partial charge on any atom is 0.262 e. The molecule has 0 unspecified atom stereocenters. The molecule has 2 heterocycles. The first-order valence-corrected chi connectivity index (χ1v) is 11.9. The number of para-hydroxylation sites is 1. The van der Waals surface area contributed by atoms with Gasteiger partial charge in [0.2, 0.25) is 5.91 Å². The molecule has 0 radical (unpaired) electrons. The number of carbonyl (C=O) groups is 1. The topological polar surface area (TPSA) is 82.5 Å². The molecular weight excluding hydrogens is 426 g/mol. The lowest BCUT2D eigenvalue weighted by Gasteiger charge is -2.18. The van der Waals surface area contributed by atoms with Crippen LogP contribution in [-0.2, 0) is 17.8 Å². The van der Waals surface area contributed by atoms with Crippen molar-refractivity contribution in [1.29, 1.82) is 0 Å². The Balaban J connectivity index is 1.35. The Bertz CT molecular complexity index is 1160. The van der Waals surface area contributed by atoms with Crippen LogP contribution in [0.2, 0.25) is 0 Å². The van der Waals surface area contributed by atoms with Crippen LogP contribution in [-0.4, -0.2) is 41.0 Å². The third-order valence-corrected chi connectivity index (χ3v) is 6.21. The summed E-state index contributed by atoms with van der Waals surface area (Å²) in [6.45, 7) is 4.32. The summed E-state index contributed by atoms with van der Waals surface area (Å²) in [6, 6.07) is 13.2. The first-order valence-electron chi connectivity index (χ1n) is 10.9. The monoisotopic (exact) mass is 453 g/mol. The number of nitrogens with one attached hydrogen (secondary N) is 1. The second kappa shape index (κ2) is 10.5. The van der Waals surface area contributed by atoms with Gasteiger partial charge in [0.25, 0.3) is 5.56 Å². The molecule has 168 valence electrons. The van der Waals surface area contributed by atoms with Gasteiger partial charge in [-0.15, -0.1) is 0 Å². The second-order valence-corrected chi connectivity index (χ2v) is 8.53. The van der Waals surface area contributed by atoms with E-state index >= 15 is 0 Å². The molecule has 1 N–H and O–H groups in total. The summed E-state index contributed by atoms with van der Waals surface area (Å²) in [6.07, 6.45) is 2.56. The number of unbranched alkanes of at least 4 members (excludes halogenated alkanes) is 1. The van der Waals surface area contributed by atoms with Crippen LogP contribution in [0.5, 0.6) is 11.5 Å². The molecule has 2 aromatic carbocycles. The summed E-state index contributed by atoms with van der Waals surface area (Å²) in [5.74, 6) is 1.63. The molecule has 0 fully saturated rings. The van der Waals surface area contributed by atoms with Crippen LogP contribution in [0, 0.1) is 0 Å². The Morgan fingerprint density at radius 2 is 1.97 bits per heavy atom. The molecule has 1 aliphatic heterocycles. The number of hydrogen-bond acceptors (Lipinski definition) is 6. The van der Waals surface area contributed by atoms with Crippen LogP contribution in [0.1, 0.15) is 25.3 Å². The molecule has 0 atom stereocenters. The SMILES string of the molecule is CCCCn1c(SCC(=O)NCCc2ccc3c(c2)OCCO3)nc2ccccc2c1=O. The zero-order valence-corrected chi connectivity index (χ0v) is 19.0. The first-order chi connectivity index (χ1) is 15.7. The number of aromatic nitrogens is 2. The van der Waals surface area contributed by atoms with Gasteiger partial charge in [-0.1, -0.05) is 43.3 Å². The Kier molecular flexibility index (Phi) is 7.32. The molecule has 0 saturated carbocycles. The van der Waals surface area contributed by atoms with E-state index in [1.807, 2.05) is 36.4 Å². The van der Waals surface area contributed by atoms with Gasteiger partial charge < -0.3 is 14.8 Å². The fourth-order valence-electron chi connectivity index (χ4n) is 3.54. The molecule has 4 rings (SSSR count). The van der Waals surface area contributed by atoms with Crippen molar-refractivity contribution in [3.8, 4) is 11.5 Å². The van der Waals surface area contributed by atoms with Gasteiger partial charge in [0.05, 0.1) is 16.7 Å². The van der Waals surface area contributed by atoms with Gasteiger partial charge in [0.15, 0.2) is 16.7 Å². The number of nitrogens with zero attached hydrogens (tertiary/aromatic N) is 2. The van der Waals surface area contributed by atoms with Gasteiger partial charge in [0.1, 0.15) is 13.2 Å². The average molecular weight is 454 g/mol. The highest BCUT2D eigenvalue weighted by molar-refractivity contribution is 7.99. The first kappa shape index (κ1) is 22.2. The summed E-state index contributed by atoms with van der Waals surface area (Å²) in [5.41, 5.74) is 1.68. The molecule has 7 nitrogen and oxygen atoms in total. The van der Waals surface area contributed by atoms with E-state index in [0.29, 0.717) is 48.8 Å². The lowest BCUT2D eigenvalue weighted by atomic mass is 10.1. The maximum atomic E-state index is 12.9. The van der Waals surface area contributed by atoms with Gasteiger partial charge >= 0.3 is 0 Å². The van der Waals surface area contributed by atoms with Gasteiger partial charge in [-0.05, 0) is 42.7 Å². The Morgan fingerprint density at radius 3 is 2.81 bits per heavy atom. The van der Waals surface area contributed by atoms with Crippen molar-refractivity contribution in [2.45, 2.75) is 37.9 Å². The Hall–Kier alpha value is -3.00. The molecule has 0 aliphatic carbocycles. The molecule has 1 aromatic heterocycles. The zero-order valence-electron chi connectivity index (χ0n) is 18.1. The summed E-state index contributed by atoms with van der Waals surface area (Å²) >= 11 is 1.30. The molecule has 1 amide bonds. The largest absolute Gasteiger partial charge is 0.486 e. The number of carbonyl (C=O) groups excluding carboxylic acids is 1. The van der Waals surface area contributed by atoms with Crippen molar-refractivity contribution in [3.05, 3.63) is 58.4 Å². The highest BCUT2D eigenvalue weighted by Gasteiger charge is 2.14. The van der Waals surface area contributed by atoms with Gasteiger partial charge in [0, 0.05) is 13.1 Å². The zero-order chi connectivity index (χ0) is 22.3. The standard InChI is InChI=1S/C24H27N3O4S/c1-2-3-12-27-23(29)18-6-4-5-7-19(18)26-24(27)32-16-22(28)25-11-10-17-8-9-20-21(15-17)31-14-13-30-20/h4-9,15H,2-3,10-14,16H2,1H3,(H,25,28).